The molecule has 1 aliphatic heterocycles. The van der Waals surface area contributed by atoms with Crippen LogP contribution in [0.3, 0.4) is 0 Å². The van der Waals surface area contributed by atoms with Gasteiger partial charge in [-0.2, -0.15) is 10.2 Å². The predicted octanol–water partition coefficient (Wildman–Crippen LogP) is 9.53. The van der Waals surface area contributed by atoms with Crippen molar-refractivity contribution in [2.75, 3.05) is 7.05 Å². The quantitative estimate of drug-likeness (QED) is 0.170. The van der Waals surface area contributed by atoms with E-state index in [0.29, 0.717) is 12.8 Å². The first kappa shape index (κ1) is 45.3. The molecule has 282 valence electrons. The largest absolute Gasteiger partial charge is 0.344 e. The molecule has 0 saturated carbocycles. The minimum absolute atomic E-state index is 0. The summed E-state index contributed by atoms with van der Waals surface area (Å²) in [5, 5.41) is 9.36. The van der Waals surface area contributed by atoms with Crippen LogP contribution in [0.25, 0.3) is 22.8 Å². The van der Waals surface area contributed by atoms with Crippen LogP contribution in [0.4, 0.5) is 0 Å². The van der Waals surface area contributed by atoms with E-state index >= 15 is 0 Å². The number of pyridine rings is 2. The summed E-state index contributed by atoms with van der Waals surface area (Å²) >= 11 is 0. The highest BCUT2D eigenvalue weighted by atomic mass is 16.2. The number of amides is 2. The topological polar surface area (TPSA) is 134 Å². The van der Waals surface area contributed by atoms with Crippen molar-refractivity contribution in [3.63, 3.8) is 0 Å². The Morgan fingerprint density at radius 2 is 1.04 bits per heavy atom. The van der Waals surface area contributed by atoms with E-state index in [9.17, 15) is 9.59 Å². The van der Waals surface area contributed by atoms with Crippen molar-refractivity contribution in [2.24, 2.45) is 0 Å². The molecule has 4 aromatic heterocycles. The molecule has 0 bridgehead atoms. The number of carbonyl (C=O) groups excluding carboxylic acids is 2. The summed E-state index contributed by atoms with van der Waals surface area (Å²) in [5.41, 5.74) is 9.77. The maximum Gasteiger partial charge on any atom is 0.229 e. The van der Waals surface area contributed by atoms with Crippen LogP contribution in [0.2, 0.25) is 0 Å². The van der Waals surface area contributed by atoms with Crippen molar-refractivity contribution in [2.45, 2.75) is 81.8 Å². The van der Waals surface area contributed by atoms with Crippen molar-refractivity contribution in [1.29, 1.82) is 0 Å². The van der Waals surface area contributed by atoms with Gasteiger partial charge in [-0.1, -0.05) is 108 Å². The van der Waals surface area contributed by atoms with E-state index in [1.165, 1.54) is 34.3 Å². The first-order valence-electron chi connectivity index (χ1n) is 17.6. The standard InChI is InChI=1S/C17H17N3.C16H15N3.C5H7NO2.2C2H6.CH4.H3N/c1-13-14(2)20(12-15-8-4-3-5-9-15)19-17(13)16-10-6-7-11-18-16;1-13-11-16(15-9-5-6-10-17-15)18-19(13)12-14-7-3-2-4-8-14;1-6-4(7)2-3-5(6)8;2*1-2;;/h3-11H,12H2,1-2H3;2-11H,12H2,1H3;2-3H2,1H3;2*1-2H3;1H4;1H3. The van der Waals surface area contributed by atoms with E-state index in [0.717, 1.165) is 41.6 Å². The normalized spacial score (nSPS) is 11.1. The van der Waals surface area contributed by atoms with Crippen molar-refractivity contribution >= 4 is 11.8 Å². The van der Waals surface area contributed by atoms with Gasteiger partial charge in [0.25, 0.3) is 0 Å². The van der Waals surface area contributed by atoms with Crippen LogP contribution in [0.1, 0.15) is 76.0 Å². The number of aryl methyl sites for hydroxylation is 1. The number of rotatable bonds is 6. The van der Waals surface area contributed by atoms with Gasteiger partial charge >= 0.3 is 0 Å². The highest BCUT2D eigenvalue weighted by Gasteiger charge is 2.24. The second-order valence-corrected chi connectivity index (χ2v) is 11.3. The molecule has 0 unspecified atom stereocenters. The molecule has 53 heavy (non-hydrogen) atoms. The van der Waals surface area contributed by atoms with E-state index in [-0.39, 0.29) is 25.4 Å². The molecular weight excluding hydrogens is 661 g/mol. The van der Waals surface area contributed by atoms with E-state index in [1.807, 2.05) is 93.0 Å². The smallest absolute Gasteiger partial charge is 0.229 e. The second kappa shape index (κ2) is 23.7. The van der Waals surface area contributed by atoms with Gasteiger partial charge in [-0.3, -0.25) is 33.8 Å². The third kappa shape index (κ3) is 13.1. The van der Waals surface area contributed by atoms with Gasteiger partial charge in [0, 0.05) is 43.7 Å². The molecule has 0 spiro atoms. The maximum atomic E-state index is 10.5. The van der Waals surface area contributed by atoms with Crippen molar-refractivity contribution in [3.8, 4) is 22.8 Å². The number of benzene rings is 2. The number of nitrogens with zero attached hydrogens (tertiary/aromatic N) is 7. The maximum absolute atomic E-state index is 10.5. The van der Waals surface area contributed by atoms with E-state index in [1.54, 1.807) is 12.4 Å². The highest BCUT2D eigenvalue weighted by Crippen LogP contribution is 2.23. The molecule has 2 amide bonds. The van der Waals surface area contributed by atoms with Gasteiger partial charge in [0.2, 0.25) is 11.8 Å². The SMILES string of the molecule is C.CC.CC.CN1C(=O)CCC1=O.Cc1c(-c2ccccn2)nn(Cc2ccccc2)c1C.Cc1cc(-c2ccccn2)nn1Cc1ccccc1.N. The molecule has 1 aliphatic rings. The van der Waals surface area contributed by atoms with Crippen LogP contribution in [0, 0.1) is 20.8 Å². The summed E-state index contributed by atoms with van der Waals surface area (Å²) in [6.45, 7) is 15.9. The van der Waals surface area contributed by atoms with Crippen molar-refractivity contribution in [1.82, 2.24) is 40.6 Å². The van der Waals surface area contributed by atoms with Gasteiger partial charge < -0.3 is 6.15 Å². The zero-order valence-electron chi connectivity index (χ0n) is 32.0. The van der Waals surface area contributed by atoms with Crippen LogP contribution < -0.4 is 6.15 Å². The Labute approximate surface area is 316 Å². The van der Waals surface area contributed by atoms with Crippen molar-refractivity contribution < 1.29 is 9.59 Å². The molecule has 6 aromatic rings. The Balaban J connectivity index is 0.000000398. The Kier molecular flexibility index (Phi) is 20.2. The Morgan fingerprint density at radius 3 is 1.47 bits per heavy atom. The van der Waals surface area contributed by atoms with Gasteiger partial charge in [0.1, 0.15) is 11.4 Å². The second-order valence-electron chi connectivity index (χ2n) is 11.3. The minimum atomic E-state index is -0.0602. The number of carbonyl (C=O) groups is 2. The molecule has 7 rings (SSSR count). The fourth-order valence-corrected chi connectivity index (χ4v) is 5.05. The summed E-state index contributed by atoms with van der Waals surface area (Å²) in [6, 6.07) is 34.6. The molecule has 0 aliphatic carbocycles. The lowest BCUT2D eigenvalue weighted by Gasteiger charge is -2.04. The molecule has 5 heterocycles. The number of hydrogen-bond acceptors (Lipinski definition) is 7. The fourth-order valence-electron chi connectivity index (χ4n) is 5.05. The van der Waals surface area contributed by atoms with Crippen LogP contribution >= 0.6 is 0 Å². The van der Waals surface area contributed by atoms with Gasteiger partial charge in [0.05, 0.1) is 24.5 Å². The summed E-state index contributed by atoms with van der Waals surface area (Å²) in [7, 11) is 1.51. The lowest BCUT2D eigenvalue weighted by atomic mass is 10.1. The number of aromatic nitrogens is 6. The summed E-state index contributed by atoms with van der Waals surface area (Å²) in [6.07, 6.45) is 4.39. The van der Waals surface area contributed by atoms with Gasteiger partial charge in [0.15, 0.2) is 0 Å². The molecule has 3 N–H and O–H groups in total. The third-order valence-electron chi connectivity index (χ3n) is 7.97. The lowest BCUT2D eigenvalue weighted by molar-refractivity contribution is -0.136. The van der Waals surface area contributed by atoms with E-state index < -0.39 is 0 Å². The molecular formula is C43H58N8O2. The molecule has 2 aromatic carbocycles. The van der Waals surface area contributed by atoms with Crippen LogP contribution in [-0.2, 0) is 22.7 Å². The van der Waals surface area contributed by atoms with E-state index in [2.05, 4.69) is 83.0 Å². The molecule has 1 saturated heterocycles. The van der Waals surface area contributed by atoms with Gasteiger partial charge in [-0.15, -0.1) is 0 Å². The predicted molar refractivity (Wildman–Crippen MR) is 218 cm³/mol. The number of likely N-dealkylation sites (tertiary alicyclic amines) is 1. The van der Waals surface area contributed by atoms with Crippen LogP contribution in [-0.4, -0.2) is 53.3 Å². The van der Waals surface area contributed by atoms with Gasteiger partial charge in [-0.05, 0) is 67.8 Å². The first-order valence-corrected chi connectivity index (χ1v) is 17.6. The van der Waals surface area contributed by atoms with Gasteiger partial charge in [-0.25, -0.2) is 0 Å². The monoisotopic (exact) mass is 718 g/mol. The zero-order chi connectivity index (χ0) is 37.2. The average molecular weight is 719 g/mol. The highest BCUT2D eigenvalue weighted by molar-refractivity contribution is 6.01. The minimum Gasteiger partial charge on any atom is -0.344 e. The Hall–Kier alpha value is -5.74. The Bertz CT molecular complexity index is 1890. The molecule has 0 atom stereocenters. The lowest BCUT2D eigenvalue weighted by Crippen LogP contribution is -2.23. The molecule has 0 radical (unpaired) electrons. The summed E-state index contributed by atoms with van der Waals surface area (Å²) in [4.78, 5) is 30.9. The van der Waals surface area contributed by atoms with E-state index in [4.69, 9.17) is 5.10 Å². The number of hydrogen-bond donors (Lipinski definition) is 1. The Morgan fingerprint density at radius 1 is 0.585 bits per heavy atom. The van der Waals surface area contributed by atoms with Crippen LogP contribution in [0.5, 0.6) is 0 Å². The summed E-state index contributed by atoms with van der Waals surface area (Å²) < 4.78 is 4.06. The molecule has 10 nitrogen and oxygen atoms in total. The van der Waals surface area contributed by atoms with Crippen molar-refractivity contribution in [3.05, 3.63) is 144 Å². The third-order valence-corrected chi connectivity index (χ3v) is 7.97. The zero-order valence-corrected chi connectivity index (χ0v) is 32.0. The molecule has 1 fully saturated rings. The first-order chi connectivity index (χ1) is 24.8. The van der Waals surface area contributed by atoms with Crippen LogP contribution in [0.15, 0.2) is 116 Å². The molecule has 10 heteroatoms. The fraction of sp³-hybridized carbons (Fsp3) is 0.302. The number of imide groups is 1. The summed E-state index contributed by atoms with van der Waals surface area (Å²) in [5.74, 6) is -0.120. The average Bonchev–Trinajstić information content (AvgIpc) is 3.81.